The number of hydrogen-bond acceptors (Lipinski definition) is 3. The number of carbonyl (C=O) groups excluding carboxylic acids is 1. The highest BCUT2D eigenvalue weighted by atomic mass is 32.2. The molecule has 0 amide bonds. The van der Waals surface area contributed by atoms with Gasteiger partial charge in [0, 0.05) is 12.5 Å². The van der Waals surface area contributed by atoms with Crippen LogP contribution in [0, 0.1) is 5.92 Å². The highest BCUT2D eigenvalue weighted by Crippen LogP contribution is 2.30. The van der Waals surface area contributed by atoms with E-state index in [0.717, 1.165) is 6.42 Å². The largest absolute Gasteiger partial charge is 0.299 e. The van der Waals surface area contributed by atoms with Crippen LogP contribution in [0.15, 0.2) is 29.2 Å². The van der Waals surface area contributed by atoms with Gasteiger partial charge in [-0.3, -0.25) is 4.79 Å². The van der Waals surface area contributed by atoms with E-state index < -0.39 is 15.9 Å². The minimum absolute atomic E-state index is 0.0156. The lowest BCUT2D eigenvalue weighted by Gasteiger charge is -2.21. The molecule has 1 rings (SSSR count). The van der Waals surface area contributed by atoms with Crippen molar-refractivity contribution in [3.63, 3.8) is 0 Å². The van der Waals surface area contributed by atoms with Crippen LogP contribution in [0.2, 0.25) is 0 Å². The molecule has 0 fully saturated rings. The Kier molecular flexibility index (Phi) is 5.89. The first-order chi connectivity index (χ1) is 9.31. The first-order valence-corrected chi connectivity index (χ1v) is 8.38. The summed E-state index contributed by atoms with van der Waals surface area (Å²) in [6, 6.07) is 6.74. The predicted molar refractivity (Wildman–Crippen MR) is 80.2 cm³/mol. The molecule has 0 aliphatic heterocycles. The van der Waals surface area contributed by atoms with E-state index in [0.29, 0.717) is 12.1 Å². The quantitative estimate of drug-likeness (QED) is 0.841. The van der Waals surface area contributed by atoms with Crippen molar-refractivity contribution in [2.24, 2.45) is 5.92 Å². The second-order valence-corrected chi connectivity index (χ2v) is 7.00. The summed E-state index contributed by atoms with van der Waals surface area (Å²) < 4.78 is 27.2. The molecule has 0 saturated carbocycles. The Labute approximate surface area is 121 Å². The first-order valence-electron chi connectivity index (χ1n) is 6.90. The maximum absolute atomic E-state index is 12.3. The molecule has 1 unspecified atom stereocenters. The standard InChI is InChI=1S/C15H23NO3S/c1-5-10-16-20(18,19)14-9-7-6-8-13(14)15(11(2)3)12(4)17/h6-9,11,15-16H,5,10H2,1-4H3. The van der Waals surface area contributed by atoms with Gasteiger partial charge in [-0.05, 0) is 30.9 Å². The van der Waals surface area contributed by atoms with Crippen LogP contribution in [-0.4, -0.2) is 20.7 Å². The van der Waals surface area contributed by atoms with Crippen molar-refractivity contribution in [1.82, 2.24) is 4.72 Å². The smallest absolute Gasteiger partial charge is 0.240 e. The van der Waals surface area contributed by atoms with E-state index in [-0.39, 0.29) is 16.6 Å². The third kappa shape index (κ3) is 3.90. The van der Waals surface area contributed by atoms with E-state index in [4.69, 9.17) is 0 Å². The number of hydrogen-bond donors (Lipinski definition) is 1. The number of ketones is 1. The Morgan fingerprint density at radius 2 is 1.85 bits per heavy atom. The fourth-order valence-electron chi connectivity index (χ4n) is 2.34. The molecule has 1 N–H and O–H groups in total. The van der Waals surface area contributed by atoms with Crippen molar-refractivity contribution >= 4 is 15.8 Å². The van der Waals surface area contributed by atoms with Crippen LogP contribution >= 0.6 is 0 Å². The van der Waals surface area contributed by atoms with E-state index in [1.807, 2.05) is 20.8 Å². The molecule has 0 radical (unpaired) electrons. The average Bonchev–Trinajstić information content (AvgIpc) is 2.36. The monoisotopic (exact) mass is 297 g/mol. The molecular weight excluding hydrogens is 274 g/mol. The molecule has 1 aromatic rings. The lowest BCUT2D eigenvalue weighted by atomic mass is 9.85. The molecule has 1 aromatic carbocycles. The minimum Gasteiger partial charge on any atom is -0.299 e. The molecular formula is C15H23NO3S. The number of Topliss-reactive ketones (excluding diaryl/α,β-unsaturated/α-hetero) is 1. The highest BCUT2D eigenvalue weighted by Gasteiger charge is 2.27. The molecule has 0 aromatic heterocycles. The van der Waals surface area contributed by atoms with Crippen LogP contribution in [0.4, 0.5) is 0 Å². The van der Waals surface area contributed by atoms with Gasteiger partial charge in [-0.1, -0.05) is 39.0 Å². The zero-order chi connectivity index (χ0) is 15.3. The van der Waals surface area contributed by atoms with Gasteiger partial charge >= 0.3 is 0 Å². The van der Waals surface area contributed by atoms with Gasteiger partial charge in [0.15, 0.2) is 0 Å². The number of nitrogens with one attached hydrogen (secondary N) is 1. The van der Waals surface area contributed by atoms with Gasteiger partial charge in [0.05, 0.1) is 4.90 Å². The van der Waals surface area contributed by atoms with Crippen molar-refractivity contribution in [1.29, 1.82) is 0 Å². The fourth-order valence-corrected chi connectivity index (χ4v) is 3.74. The topological polar surface area (TPSA) is 63.2 Å². The van der Waals surface area contributed by atoms with E-state index in [1.165, 1.54) is 6.92 Å². The molecule has 0 saturated heterocycles. The van der Waals surface area contributed by atoms with Gasteiger partial charge in [0.1, 0.15) is 5.78 Å². The summed E-state index contributed by atoms with van der Waals surface area (Å²) in [6.07, 6.45) is 0.724. The molecule has 4 nitrogen and oxygen atoms in total. The second-order valence-electron chi connectivity index (χ2n) is 5.27. The summed E-state index contributed by atoms with van der Waals surface area (Å²) in [7, 11) is -3.57. The van der Waals surface area contributed by atoms with Crippen molar-refractivity contribution < 1.29 is 13.2 Å². The maximum Gasteiger partial charge on any atom is 0.240 e. The van der Waals surface area contributed by atoms with Crippen LogP contribution in [-0.2, 0) is 14.8 Å². The van der Waals surface area contributed by atoms with Crippen LogP contribution in [0.5, 0.6) is 0 Å². The van der Waals surface area contributed by atoms with Gasteiger partial charge in [-0.2, -0.15) is 0 Å². The second kappa shape index (κ2) is 6.99. The lowest BCUT2D eigenvalue weighted by molar-refractivity contribution is -0.119. The van der Waals surface area contributed by atoms with E-state index in [1.54, 1.807) is 24.3 Å². The molecule has 0 aliphatic carbocycles. The normalized spacial score (nSPS) is 13.4. The Morgan fingerprint density at radius 3 is 2.35 bits per heavy atom. The Bertz CT molecular complexity index is 564. The van der Waals surface area contributed by atoms with Crippen molar-refractivity contribution in [2.45, 2.75) is 44.9 Å². The van der Waals surface area contributed by atoms with E-state index >= 15 is 0 Å². The minimum atomic E-state index is -3.57. The van der Waals surface area contributed by atoms with Gasteiger partial charge < -0.3 is 0 Å². The molecule has 0 bridgehead atoms. The molecule has 112 valence electrons. The van der Waals surface area contributed by atoms with Crippen LogP contribution in [0.1, 0.15) is 45.6 Å². The summed E-state index contributed by atoms with van der Waals surface area (Å²) in [5, 5.41) is 0. The van der Waals surface area contributed by atoms with Crippen molar-refractivity contribution in [2.75, 3.05) is 6.54 Å². The Balaban J connectivity index is 3.33. The molecule has 5 heteroatoms. The summed E-state index contributed by atoms with van der Waals surface area (Å²) >= 11 is 0. The fraction of sp³-hybridized carbons (Fsp3) is 0.533. The summed E-state index contributed by atoms with van der Waals surface area (Å²) in [4.78, 5) is 12.1. The van der Waals surface area contributed by atoms with Crippen LogP contribution < -0.4 is 4.72 Å². The SMILES string of the molecule is CCCNS(=O)(=O)c1ccccc1C(C(C)=O)C(C)C. The summed E-state index contributed by atoms with van der Waals surface area (Å²) in [6.45, 7) is 7.65. The third-order valence-corrected chi connectivity index (χ3v) is 4.73. The predicted octanol–water partition coefficient (Wildman–Crippen LogP) is 2.70. The highest BCUT2D eigenvalue weighted by molar-refractivity contribution is 7.89. The molecule has 0 spiro atoms. The summed E-state index contributed by atoms with van der Waals surface area (Å²) in [5.41, 5.74) is 0.582. The van der Waals surface area contributed by atoms with Gasteiger partial charge in [-0.25, -0.2) is 13.1 Å². The molecule has 20 heavy (non-hydrogen) atoms. The lowest BCUT2D eigenvalue weighted by Crippen LogP contribution is -2.27. The molecule has 0 aliphatic rings. The number of carbonyl (C=O) groups is 1. The van der Waals surface area contributed by atoms with Crippen LogP contribution in [0.3, 0.4) is 0 Å². The van der Waals surface area contributed by atoms with Gasteiger partial charge in [-0.15, -0.1) is 0 Å². The number of rotatable bonds is 7. The molecule has 0 heterocycles. The number of sulfonamides is 1. The zero-order valence-electron chi connectivity index (χ0n) is 12.5. The van der Waals surface area contributed by atoms with Gasteiger partial charge in [0.25, 0.3) is 0 Å². The zero-order valence-corrected chi connectivity index (χ0v) is 13.3. The summed E-state index contributed by atoms with van der Waals surface area (Å²) in [5.74, 6) is -0.363. The Morgan fingerprint density at radius 1 is 1.25 bits per heavy atom. The van der Waals surface area contributed by atoms with Crippen molar-refractivity contribution in [3.8, 4) is 0 Å². The van der Waals surface area contributed by atoms with E-state index in [9.17, 15) is 13.2 Å². The van der Waals surface area contributed by atoms with E-state index in [2.05, 4.69) is 4.72 Å². The number of benzene rings is 1. The maximum atomic E-state index is 12.3. The molecule has 1 atom stereocenters. The average molecular weight is 297 g/mol. The Hall–Kier alpha value is -1.20. The third-order valence-electron chi connectivity index (χ3n) is 3.19. The van der Waals surface area contributed by atoms with Crippen LogP contribution in [0.25, 0.3) is 0 Å². The first kappa shape index (κ1) is 16.9. The van der Waals surface area contributed by atoms with Gasteiger partial charge in [0.2, 0.25) is 10.0 Å². The van der Waals surface area contributed by atoms with Crippen molar-refractivity contribution in [3.05, 3.63) is 29.8 Å².